The maximum atomic E-state index is 14.1. The van der Waals surface area contributed by atoms with Crippen LogP contribution in [0, 0.1) is 0 Å². The van der Waals surface area contributed by atoms with Crippen molar-refractivity contribution in [1.82, 2.24) is 29.9 Å². The average Bonchev–Trinajstić information content (AvgIpc) is 3.20. The second-order valence-corrected chi connectivity index (χ2v) is 6.51. The number of rotatable bonds is 4. The number of halogens is 1. The molecular formula is C17H18FN7. The first-order valence-corrected chi connectivity index (χ1v) is 8.01. The Morgan fingerprint density at radius 1 is 1.20 bits per heavy atom. The quantitative estimate of drug-likeness (QED) is 0.528. The van der Waals surface area contributed by atoms with Crippen LogP contribution in [0.3, 0.4) is 0 Å². The van der Waals surface area contributed by atoms with Crippen molar-refractivity contribution in [2.24, 2.45) is 0 Å². The molecule has 0 radical (unpaired) electrons. The van der Waals surface area contributed by atoms with Crippen LogP contribution >= 0.6 is 0 Å². The van der Waals surface area contributed by atoms with Gasteiger partial charge in [0.15, 0.2) is 11.5 Å². The minimum absolute atomic E-state index is 0.135. The van der Waals surface area contributed by atoms with Gasteiger partial charge in [-0.2, -0.15) is 0 Å². The van der Waals surface area contributed by atoms with Crippen LogP contribution in [0.5, 0.6) is 0 Å². The second-order valence-electron chi connectivity index (χ2n) is 6.51. The summed E-state index contributed by atoms with van der Waals surface area (Å²) in [5, 5.41) is 3.29. The molecule has 4 aromatic rings. The Bertz CT molecular complexity index is 1040. The largest absolute Gasteiger partial charge is 0.358 e. The molecule has 0 aliphatic carbocycles. The smallest absolute Gasteiger partial charge is 0.162 e. The van der Waals surface area contributed by atoms with Gasteiger partial charge in [-0.3, -0.25) is 0 Å². The number of nitrogens with one attached hydrogen (secondary N) is 3. The van der Waals surface area contributed by atoms with Gasteiger partial charge >= 0.3 is 0 Å². The van der Waals surface area contributed by atoms with Gasteiger partial charge in [-0.15, -0.1) is 0 Å². The number of benzene rings is 1. The molecule has 0 amide bonds. The number of nitrogens with zero attached hydrogens (tertiary/aromatic N) is 4. The van der Waals surface area contributed by atoms with E-state index in [1.807, 2.05) is 13.0 Å². The fraction of sp³-hybridized carbons (Fsp3) is 0.294. The summed E-state index contributed by atoms with van der Waals surface area (Å²) in [5.74, 6) is 1.37. The zero-order valence-electron chi connectivity index (χ0n) is 14.1. The molecule has 1 unspecified atom stereocenters. The molecule has 0 aliphatic heterocycles. The molecule has 3 heterocycles. The van der Waals surface area contributed by atoms with Gasteiger partial charge in [-0.25, -0.2) is 24.3 Å². The van der Waals surface area contributed by atoms with Crippen LogP contribution in [0.15, 0.2) is 30.9 Å². The highest BCUT2D eigenvalue weighted by atomic mass is 19.1. The van der Waals surface area contributed by atoms with Crippen molar-refractivity contribution in [2.45, 2.75) is 32.5 Å². The molecule has 7 nitrogen and oxygen atoms in total. The van der Waals surface area contributed by atoms with Gasteiger partial charge < -0.3 is 15.3 Å². The third kappa shape index (κ3) is 2.79. The first kappa shape index (κ1) is 15.5. The van der Waals surface area contributed by atoms with Crippen LogP contribution < -0.4 is 5.32 Å². The first-order valence-electron chi connectivity index (χ1n) is 8.01. The Kier molecular flexibility index (Phi) is 3.41. The van der Waals surface area contributed by atoms with E-state index in [4.69, 9.17) is 0 Å². The second kappa shape index (κ2) is 5.51. The van der Waals surface area contributed by atoms with Crippen molar-refractivity contribution in [2.75, 3.05) is 5.32 Å². The van der Waals surface area contributed by atoms with Crippen molar-refractivity contribution in [3.63, 3.8) is 0 Å². The molecule has 0 spiro atoms. The van der Waals surface area contributed by atoms with Crippen LogP contribution in [0.2, 0.25) is 0 Å². The Morgan fingerprint density at radius 3 is 2.84 bits per heavy atom. The summed E-state index contributed by atoms with van der Waals surface area (Å²) in [7, 11) is 0. The van der Waals surface area contributed by atoms with Gasteiger partial charge in [0.1, 0.15) is 23.3 Å². The lowest BCUT2D eigenvalue weighted by molar-refractivity contribution is 0.221. The Labute approximate surface area is 143 Å². The average molecular weight is 339 g/mol. The number of fused-ring (bicyclic) bond motifs is 2. The molecule has 1 atom stereocenters. The number of hydrogen-bond acceptors (Lipinski definition) is 5. The molecule has 8 heteroatoms. The summed E-state index contributed by atoms with van der Waals surface area (Å²) in [6.45, 7) is 5.05. The summed E-state index contributed by atoms with van der Waals surface area (Å²) in [4.78, 5) is 23.4. The Balaban J connectivity index is 1.66. The van der Waals surface area contributed by atoms with Gasteiger partial charge in [-0.05, 0) is 38.5 Å². The molecule has 0 saturated carbocycles. The molecule has 3 aromatic heterocycles. The highest BCUT2D eigenvalue weighted by Crippen LogP contribution is 2.28. The molecule has 0 aliphatic rings. The van der Waals surface area contributed by atoms with Gasteiger partial charge in [0, 0.05) is 0 Å². The van der Waals surface area contributed by atoms with E-state index in [2.05, 4.69) is 35.2 Å². The van der Waals surface area contributed by atoms with Crippen molar-refractivity contribution in [1.29, 1.82) is 0 Å². The molecule has 128 valence electrons. The number of anilines is 1. The van der Waals surface area contributed by atoms with Gasteiger partial charge in [0.25, 0.3) is 0 Å². The third-order valence-corrected chi connectivity index (χ3v) is 4.17. The van der Waals surface area contributed by atoms with E-state index in [0.717, 1.165) is 16.9 Å². The highest BCUT2D eigenvalue weighted by molar-refractivity contribution is 5.82. The molecule has 1 aromatic carbocycles. The predicted octanol–water partition coefficient (Wildman–Crippen LogP) is 3.61. The monoisotopic (exact) mass is 339 g/mol. The van der Waals surface area contributed by atoms with E-state index in [1.165, 1.54) is 6.33 Å². The van der Waals surface area contributed by atoms with E-state index in [9.17, 15) is 4.39 Å². The van der Waals surface area contributed by atoms with E-state index in [1.54, 1.807) is 32.3 Å². The molecule has 3 N–H and O–H groups in total. The molecule has 4 rings (SSSR count). The molecular weight excluding hydrogens is 321 g/mol. The number of imidazole rings is 2. The van der Waals surface area contributed by atoms with Crippen LogP contribution in [-0.2, 0) is 5.67 Å². The third-order valence-electron chi connectivity index (χ3n) is 4.17. The minimum atomic E-state index is -1.39. The molecule has 25 heavy (non-hydrogen) atoms. The van der Waals surface area contributed by atoms with E-state index < -0.39 is 5.67 Å². The normalized spacial score (nSPS) is 13.4. The number of aromatic nitrogens is 6. The molecule has 0 fully saturated rings. The maximum absolute atomic E-state index is 14.1. The van der Waals surface area contributed by atoms with Gasteiger partial charge in [-0.1, -0.05) is 6.07 Å². The SMILES string of the molecule is CC(Nc1ncnc2[nH]cnc12)c1nc2ccc(C(C)(C)F)cc2[nH]1. The number of H-pyrrole nitrogens is 2. The predicted molar refractivity (Wildman–Crippen MR) is 93.9 cm³/mol. The summed E-state index contributed by atoms with van der Waals surface area (Å²) in [5.41, 5.74) is 2.17. The minimum Gasteiger partial charge on any atom is -0.358 e. The Hall–Kier alpha value is -3.03. The van der Waals surface area contributed by atoms with Crippen LogP contribution in [0.4, 0.5) is 10.2 Å². The Morgan fingerprint density at radius 2 is 2.04 bits per heavy atom. The molecule has 0 bridgehead atoms. The standard InChI is InChI=1S/C17H18FN7/c1-9(23-16-13-15(20-7-19-13)21-8-22-16)14-24-11-5-4-10(17(2,3)18)6-12(11)25-14/h4-9H,1-3H3,(H,24,25)(H2,19,20,21,22,23). The van der Waals surface area contributed by atoms with E-state index in [-0.39, 0.29) is 6.04 Å². The van der Waals surface area contributed by atoms with E-state index >= 15 is 0 Å². The summed E-state index contributed by atoms with van der Waals surface area (Å²) >= 11 is 0. The zero-order valence-corrected chi connectivity index (χ0v) is 14.1. The van der Waals surface area contributed by atoms with Crippen LogP contribution in [0.25, 0.3) is 22.2 Å². The van der Waals surface area contributed by atoms with Crippen molar-refractivity contribution in [3.8, 4) is 0 Å². The number of aromatic amines is 2. The first-order chi connectivity index (χ1) is 11.9. The highest BCUT2D eigenvalue weighted by Gasteiger charge is 2.20. The van der Waals surface area contributed by atoms with Crippen molar-refractivity contribution >= 4 is 28.0 Å². The van der Waals surface area contributed by atoms with Crippen LogP contribution in [-0.4, -0.2) is 29.9 Å². The summed E-state index contributed by atoms with van der Waals surface area (Å²) < 4.78 is 14.1. The summed E-state index contributed by atoms with van der Waals surface area (Å²) in [6, 6.07) is 5.26. The lowest BCUT2D eigenvalue weighted by atomic mass is 10.00. The number of alkyl halides is 1. The van der Waals surface area contributed by atoms with E-state index in [0.29, 0.717) is 22.5 Å². The lowest BCUT2D eigenvalue weighted by Gasteiger charge is -2.13. The fourth-order valence-corrected chi connectivity index (χ4v) is 2.75. The van der Waals surface area contributed by atoms with Crippen LogP contribution in [0.1, 0.15) is 38.2 Å². The van der Waals surface area contributed by atoms with Crippen molar-refractivity contribution in [3.05, 3.63) is 42.2 Å². The van der Waals surface area contributed by atoms with Gasteiger partial charge in [0.05, 0.1) is 23.4 Å². The zero-order chi connectivity index (χ0) is 17.6. The van der Waals surface area contributed by atoms with Gasteiger partial charge in [0.2, 0.25) is 0 Å². The maximum Gasteiger partial charge on any atom is 0.162 e. The fourth-order valence-electron chi connectivity index (χ4n) is 2.75. The number of hydrogen-bond donors (Lipinski definition) is 3. The summed E-state index contributed by atoms with van der Waals surface area (Å²) in [6.07, 6.45) is 3.06. The topological polar surface area (TPSA) is 95.2 Å². The lowest BCUT2D eigenvalue weighted by Crippen LogP contribution is -2.10. The van der Waals surface area contributed by atoms with Crippen molar-refractivity contribution < 1.29 is 4.39 Å². The molecule has 0 saturated heterocycles.